The molecule has 0 saturated heterocycles. The lowest BCUT2D eigenvalue weighted by molar-refractivity contribution is 0.475. The number of aromatic hydroxyl groups is 1. The van der Waals surface area contributed by atoms with Gasteiger partial charge in [0.1, 0.15) is 11.5 Å². The molecule has 0 aliphatic heterocycles. The van der Waals surface area contributed by atoms with E-state index in [0.29, 0.717) is 0 Å². The second kappa shape index (κ2) is 3.41. The Morgan fingerprint density at radius 3 is 2.69 bits per heavy atom. The molecule has 2 aromatic rings. The molecule has 1 aromatic carbocycles. The van der Waals surface area contributed by atoms with E-state index in [1.807, 2.05) is 18.2 Å². The zero-order valence-corrected chi connectivity index (χ0v) is 8.86. The van der Waals surface area contributed by atoms with Gasteiger partial charge in [-0.25, -0.2) is 0 Å². The van der Waals surface area contributed by atoms with Gasteiger partial charge >= 0.3 is 0 Å². The Balaban J connectivity index is 2.53. The summed E-state index contributed by atoms with van der Waals surface area (Å²) in [5.74, 6) is 1.10. The summed E-state index contributed by atoms with van der Waals surface area (Å²) in [5.41, 5.74) is 1.00. The first-order valence-electron chi connectivity index (χ1n) is 3.80. The van der Waals surface area contributed by atoms with Crippen molar-refractivity contribution in [3.05, 3.63) is 40.2 Å². The highest BCUT2D eigenvalue weighted by Gasteiger charge is 2.05. The van der Waals surface area contributed by atoms with Crippen LogP contribution in [0.15, 0.2) is 41.0 Å². The van der Waals surface area contributed by atoms with Gasteiger partial charge in [-0.2, -0.15) is 0 Å². The predicted octanol–water partition coefficient (Wildman–Crippen LogP) is 3.26. The van der Waals surface area contributed by atoms with Gasteiger partial charge in [0.05, 0.1) is 6.26 Å². The Hall–Kier alpha value is -0.970. The zero-order chi connectivity index (χ0) is 9.26. The van der Waals surface area contributed by atoms with Crippen molar-refractivity contribution < 1.29 is 9.52 Å². The first-order valence-corrected chi connectivity index (χ1v) is 4.87. The molecule has 0 saturated carbocycles. The van der Waals surface area contributed by atoms with Crippen molar-refractivity contribution in [1.82, 2.24) is 0 Å². The van der Waals surface area contributed by atoms with Crippen molar-refractivity contribution in [3.8, 4) is 17.1 Å². The summed E-state index contributed by atoms with van der Waals surface area (Å²) in [6.45, 7) is 0. The number of furan rings is 1. The topological polar surface area (TPSA) is 33.4 Å². The van der Waals surface area contributed by atoms with Gasteiger partial charge in [0.25, 0.3) is 0 Å². The van der Waals surface area contributed by atoms with Crippen LogP contribution in [0, 0.1) is 3.57 Å². The van der Waals surface area contributed by atoms with E-state index < -0.39 is 0 Å². The molecule has 2 nitrogen and oxygen atoms in total. The van der Waals surface area contributed by atoms with Gasteiger partial charge in [-0.05, 0) is 52.9 Å². The number of halogens is 1. The van der Waals surface area contributed by atoms with Crippen LogP contribution in [0.1, 0.15) is 0 Å². The van der Waals surface area contributed by atoms with E-state index in [1.165, 1.54) is 0 Å². The summed E-state index contributed by atoms with van der Waals surface area (Å²) < 4.78 is 6.23. The number of phenolic OH excluding ortho intramolecular Hbond substituents is 1. The van der Waals surface area contributed by atoms with Crippen LogP contribution in [-0.2, 0) is 0 Å². The molecule has 13 heavy (non-hydrogen) atoms. The van der Waals surface area contributed by atoms with Gasteiger partial charge in [0.15, 0.2) is 0 Å². The molecular formula is C10H7IO2. The number of phenols is 1. The van der Waals surface area contributed by atoms with Crippen LogP contribution < -0.4 is 0 Å². The molecule has 0 bridgehead atoms. The van der Waals surface area contributed by atoms with Crippen molar-refractivity contribution in [2.45, 2.75) is 0 Å². The minimum Gasteiger partial charge on any atom is -0.508 e. The largest absolute Gasteiger partial charge is 0.508 e. The molecule has 1 N–H and O–H groups in total. The Labute approximate surface area is 89.3 Å². The quantitative estimate of drug-likeness (QED) is 0.816. The highest BCUT2D eigenvalue weighted by molar-refractivity contribution is 14.1. The predicted molar refractivity (Wildman–Crippen MR) is 58.5 cm³/mol. The minimum atomic E-state index is 0.278. The molecule has 0 fully saturated rings. The van der Waals surface area contributed by atoms with Gasteiger partial charge in [-0.3, -0.25) is 0 Å². The monoisotopic (exact) mass is 286 g/mol. The van der Waals surface area contributed by atoms with E-state index in [0.717, 1.165) is 14.9 Å². The Morgan fingerprint density at radius 2 is 2.08 bits per heavy atom. The van der Waals surface area contributed by atoms with E-state index in [9.17, 15) is 5.11 Å². The van der Waals surface area contributed by atoms with E-state index in [2.05, 4.69) is 22.6 Å². The lowest BCUT2D eigenvalue weighted by atomic mass is 10.2. The summed E-state index contributed by atoms with van der Waals surface area (Å²) in [6, 6.07) is 8.95. The average Bonchev–Trinajstić information content (AvgIpc) is 2.56. The van der Waals surface area contributed by atoms with Crippen LogP contribution in [0.4, 0.5) is 0 Å². The molecule has 1 heterocycles. The van der Waals surface area contributed by atoms with Gasteiger partial charge in [0, 0.05) is 9.13 Å². The molecule has 3 heteroatoms. The Kier molecular flexibility index (Phi) is 2.26. The third kappa shape index (κ3) is 1.70. The van der Waals surface area contributed by atoms with E-state index in [1.54, 1.807) is 18.4 Å². The van der Waals surface area contributed by atoms with Crippen LogP contribution in [0.25, 0.3) is 11.3 Å². The molecule has 2 rings (SSSR count). The van der Waals surface area contributed by atoms with E-state index in [4.69, 9.17) is 4.42 Å². The molecule has 0 spiro atoms. The SMILES string of the molecule is Oc1ccc(-c2ccco2)c(I)c1. The molecule has 0 unspecified atom stereocenters. The fourth-order valence-electron chi connectivity index (χ4n) is 1.14. The van der Waals surface area contributed by atoms with E-state index >= 15 is 0 Å². The van der Waals surface area contributed by atoms with E-state index in [-0.39, 0.29) is 5.75 Å². The number of hydrogen-bond donors (Lipinski definition) is 1. The molecule has 0 aliphatic carbocycles. The molecular weight excluding hydrogens is 279 g/mol. The van der Waals surface area contributed by atoms with Gasteiger partial charge in [-0.15, -0.1) is 0 Å². The fourth-order valence-corrected chi connectivity index (χ4v) is 1.90. The second-order valence-corrected chi connectivity index (χ2v) is 3.80. The number of benzene rings is 1. The van der Waals surface area contributed by atoms with Crippen molar-refractivity contribution >= 4 is 22.6 Å². The van der Waals surface area contributed by atoms with Gasteiger partial charge in [-0.1, -0.05) is 0 Å². The maximum atomic E-state index is 9.20. The van der Waals surface area contributed by atoms with Crippen molar-refractivity contribution in [2.75, 3.05) is 0 Å². The van der Waals surface area contributed by atoms with Crippen LogP contribution in [0.2, 0.25) is 0 Å². The molecule has 0 radical (unpaired) electrons. The van der Waals surface area contributed by atoms with Crippen molar-refractivity contribution in [3.63, 3.8) is 0 Å². The standard InChI is InChI=1S/C10H7IO2/c11-9-6-7(12)3-4-8(9)10-2-1-5-13-10/h1-6,12H. The van der Waals surface area contributed by atoms with Crippen LogP contribution in [-0.4, -0.2) is 5.11 Å². The highest BCUT2D eigenvalue weighted by Crippen LogP contribution is 2.28. The van der Waals surface area contributed by atoms with Crippen molar-refractivity contribution in [1.29, 1.82) is 0 Å². The molecule has 1 aromatic heterocycles. The molecule has 66 valence electrons. The first-order chi connectivity index (χ1) is 6.27. The van der Waals surface area contributed by atoms with Crippen LogP contribution in [0.3, 0.4) is 0 Å². The highest BCUT2D eigenvalue weighted by atomic mass is 127. The molecule has 0 aliphatic rings. The van der Waals surface area contributed by atoms with Crippen LogP contribution >= 0.6 is 22.6 Å². The maximum absolute atomic E-state index is 9.20. The lowest BCUT2D eigenvalue weighted by Crippen LogP contribution is -1.79. The smallest absolute Gasteiger partial charge is 0.134 e. The third-order valence-electron chi connectivity index (χ3n) is 1.74. The van der Waals surface area contributed by atoms with Crippen molar-refractivity contribution in [2.24, 2.45) is 0 Å². The number of rotatable bonds is 1. The summed E-state index contributed by atoms with van der Waals surface area (Å²) in [7, 11) is 0. The normalized spacial score (nSPS) is 10.2. The van der Waals surface area contributed by atoms with Crippen LogP contribution in [0.5, 0.6) is 5.75 Å². The average molecular weight is 286 g/mol. The molecule has 0 atom stereocenters. The zero-order valence-electron chi connectivity index (χ0n) is 6.70. The second-order valence-electron chi connectivity index (χ2n) is 2.64. The van der Waals surface area contributed by atoms with Gasteiger partial charge < -0.3 is 9.52 Å². The first kappa shape index (κ1) is 8.62. The third-order valence-corrected chi connectivity index (χ3v) is 2.63. The maximum Gasteiger partial charge on any atom is 0.134 e. The minimum absolute atomic E-state index is 0.278. The number of hydrogen-bond acceptors (Lipinski definition) is 2. The summed E-state index contributed by atoms with van der Waals surface area (Å²) in [4.78, 5) is 0. The van der Waals surface area contributed by atoms with Gasteiger partial charge in [0.2, 0.25) is 0 Å². The fraction of sp³-hybridized carbons (Fsp3) is 0. The summed E-state index contributed by atoms with van der Waals surface area (Å²) in [6.07, 6.45) is 1.64. The lowest BCUT2D eigenvalue weighted by Gasteiger charge is -2.00. The molecule has 0 amide bonds. The Bertz CT molecular complexity index is 407. The summed E-state index contributed by atoms with van der Waals surface area (Å²) >= 11 is 2.17. The Morgan fingerprint density at radius 1 is 1.23 bits per heavy atom. The summed E-state index contributed by atoms with van der Waals surface area (Å²) in [5, 5.41) is 9.20.